The van der Waals surface area contributed by atoms with Crippen molar-refractivity contribution >= 4 is 5.96 Å². The molecule has 6 nitrogen and oxygen atoms in total. The molecule has 1 fully saturated rings. The average molecular weight is 328 g/mol. The van der Waals surface area contributed by atoms with Crippen LogP contribution >= 0.6 is 0 Å². The zero-order valence-corrected chi connectivity index (χ0v) is 15.5. The van der Waals surface area contributed by atoms with E-state index in [0.29, 0.717) is 12.0 Å². The van der Waals surface area contributed by atoms with Gasteiger partial charge in [-0.25, -0.2) is 0 Å². The number of aliphatic hydroxyl groups is 1. The van der Waals surface area contributed by atoms with Crippen LogP contribution in [0.25, 0.3) is 0 Å². The van der Waals surface area contributed by atoms with E-state index in [2.05, 4.69) is 48.4 Å². The van der Waals surface area contributed by atoms with E-state index in [1.807, 2.05) is 0 Å². The van der Waals surface area contributed by atoms with E-state index in [0.717, 1.165) is 64.5 Å². The standard InChI is InChI=1S/C17H37N5O/c1-5-7-15(8-11-23)12-19-17(18-6-2)20-13-16-14-21(3)9-10-22(16)4/h15-16,23H,5-14H2,1-4H3,(H2,18,19,20). The van der Waals surface area contributed by atoms with Gasteiger partial charge in [0.2, 0.25) is 0 Å². The maximum absolute atomic E-state index is 9.17. The lowest BCUT2D eigenvalue weighted by atomic mass is 10.0. The van der Waals surface area contributed by atoms with Crippen molar-refractivity contribution in [2.75, 3.05) is 60.0 Å². The molecule has 0 radical (unpaired) electrons. The van der Waals surface area contributed by atoms with Crippen LogP contribution < -0.4 is 10.6 Å². The van der Waals surface area contributed by atoms with Crippen LogP contribution in [0.5, 0.6) is 0 Å². The van der Waals surface area contributed by atoms with Crippen LogP contribution in [-0.4, -0.2) is 86.9 Å². The molecule has 3 N–H and O–H groups in total. The lowest BCUT2D eigenvalue weighted by molar-refractivity contribution is 0.116. The summed E-state index contributed by atoms with van der Waals surface area (Å²) in [5.41, 5.74) is 0. The van der Waals surface area contributed by atoms with Crippen LogP contribution in [0.4, 0.5) is 0 Å². The number of nitrogens with one attached hydrogen (secondary N) is 2. The van der Waals surface area contributed by atoms with Gasteiger partial charge in [0.25, 0.3) is 0 Å². The Bertz CT molecular complexity index is 331. The fraction of sp³-hybridized carbons (Fsp3) is 0.941. The van der Waals surface area contributed by atoms with E-state index < -0.39 is 0 Å². The normalized spacial score (nSPS) is 22.1. The first kappa shape index (κ1) is 20.2. The van der Waals surface area contributed by atoms with Gasteiger partial charge in [-0.2, -0.15) is 0 Å². The largest absolute Gasteiger partial charge is 0.396 e. The van der Waals surface area contributed by atoms with Crippen LogP contribution in [0.1, 0.15) is 33.1 Å². The number of nitrogens with zero attached hydrogens (tertiary/aromatic N) is 3. The molecule has 0 aliphatic carbocycles. The molecular formula is C17H37N5O. The van der Waals surface area contributed by atoms with Crippen molar-refractivity contribution in [3.63, 3.8) is 0 Å². The Morgan fingerprint density at radius 1 is 1.22 bits per heavy atom. The molecular weight excluding hydrogens is 290 g/mol. The minimum atomic E-state index is 0.253. The fourth-order valence-electron chi connectivity index (χ4n) is 3.02. The zero-order valence-electron chi connectivity index (χ0n) is 15.5. The van der Waals surface area contributed by atoms with E-state index in [-0.39, 0.29) is 6.61 Å². The highest BCUT2D eigenvalue weighted by Crippen LogP contribution is 2.11. The molecule has 0 aromatic rings. The van der Waals surface area contributed by atoms with Crippen LogP contribution in [0, 0.1) is 5.92 Å². The Morgan fingerprint density at radius 3 is 2.65 bits per heavy atom. The summed E-state index contributed by atoms with van der Waals surface area (Å²) in [4.78, 5) is 9.53. The molecule has 0 saturated carbocycles. The summed E-state index contributed by atoms with van der Waals surface area (Å²) >= 11 is 0. The van der Waals surface area contributed by atoms with Gasteiger partial charge in [-0.15, -0.1) is 0 Å². The van der Waals surface area contributed by atoms with Crippen LogP contribution in [-0.2, 0) is 0 Å². The van der Waals surface area contributed by atoms with Crippen molar-refractivity contribution < 1.29 is 5.11 Å². The summed E-state index contributed by atoms with van der Waals surface area (Å²) in [5, 5.41) is 16.0. The first-order chi connectivity index (χ1) is 11.1. The molecule has 0 aromatic carbocycles. The summed E-state index contributed by atoms with van der Waals surface area (Å²) in [7, 11) is 4.38. The second-order valence-electron chi connectivity index (χ2n) is 6.66. The number of likely N-dealkylation sites (N-methyl/N-ethyl adjacent to an activating group) is 2. The number of rotatable bonds is 9. The minimum Gasteiger partial charge on any atom is -0.396 e. The Labute approximate surface area is 142 Å². The predicted octanol–water partition coefficient (Wildman–Crippen LogP) is 0.586. The number of hydrogen-bond donors (Lipinski definition) is 3. The molecule has 0 amide bonds. The number of piperazine rings is 1. The van der Waals surface area contributed by atoms with Crippen molar-refractivity contribution in [1.29, 1.82) is 0 Å². The molecule has 1 heterocycles. The van der Waals surface area contributed by atoms with Gasteiger partial charge < -0.3 is 20.6 Å². The first-order valence-corrected chi connectivity index (χ1v) is 9.12. The fourth-order valence-corrected chi connectivity index (χ4v) is 3.02. The van der Waals surface area contributed by atoms with Gasteiger partial charge in [0.05, 0.1) is 0 Å². The summed E-state index contributed by atoms with van der Waals surface area (Å²) in [6, 6.07) is 0.515. The van der Waals surface area contributed by atoms with Crippen molar-refractivity contribution in [3.8, 4) is 0 Å². The highest BCUT2D eigenvalue weighted by molar-refractivity contribution is 5.79. The van der Waals surface area contributed by atoms with E-state index in [9.17, 15) is 0 Å². The zero-order chi connectivity index (χ0) is 17.1. The SMILES string of the molecule is CCCC(CCO)CN=C(NCC)NCC1CN(C)CCN1C. The Balaban J connectivity index is 2.50. The van der Waals surface area contributed by atoms with Crippen molar-refractivity contribution in [2.45, 2.75) is 39.2 Å². The third-order valence-corrected chi connectivity index (χ3v) is 4.57. The highest BCUT2D eigenvalue weighted by Gasteiger charge is 2.22. The summed E-state index contributed by atoms with van der Waals surface area (Å²) in [5.74, 6) is 1.37. The smallest absolute Gasteiger partial charge is 0.191 e. The van der Waals surface area contributed by atoms with Gasteiger partial charge in [0, 0.05) is 51.9 Å². The third-order valence-electron chi connectivity index (χ3n) is 4.57. The quantitative estimate of drug-likeness (QED) is 0.427. The Kier molecular flexibility index (Phi) is 10.2. The molecule has 6 heteroatoms. The van der Waals surface area contributed by atoms with Gasteiger partial charge in [-0.3, -0.25) is 9.89 Å². The van der Waals surface area contributed by atoms with Crippen molar-refractivity contribution in [1.82, 2.24) is 20.4 Å². The van der Waals surface area contributed by atoms with Crippen molar-refractivity contribution in [2.24, 2.45) is 10.9 Å². The maximum Gasteiger partial charge on any atom is 0.191 e. The molecule has 0 spiro atoms. The van der Waals surface area contributed by atoms with Gasteiger partial charge >= 0.3 is 0 Å². The predicted molar refractivity (Wildman–Crippen MR) is 98.0 cm³/mol. The number of aliphatic imine (C=N–C) groups is 1. The van der Waals surface area contributed by atoms with Crippen molar-refractivity contribution in [3.05, 3.63) is 0 Å². The molecule has 1 saturated heterocycles. The van der Waals surface area contributed by atoms with E-state index in [4.69, 9.17) is 10.1 Å². The summed E-state index contributed by atoms with van der Waals surface area (Å²) in [6.45, 7) is 10.4. The lowest BCUT2D eigenvalue weighted by Gasteiger charge is -2.38. The number of aliphatic hydroxyl groups excluding tert-OH is 1. The maximum atomic E-state index is 9.17. The Hall–Kier alpha value is -0.850. The topological polar surface area (TPSA) is 63.1 Å². The van der Waals surface area contributed by atoms with Crippen LogP contribution in [0.15, 0.2) is 4.99 Å². The average Bonchev–Trinajstić information content (AvgIpc) is 2.53. The summed E-state index contributed by atoms with van der Waals surface area (Å²) in [6.07, 6.45) is 3.11. The monoisotopic (exact) mass is 327 g/mol. The number of hydrogen-bond acceptors (Lipinski definition) is 4. The molecule has 23 heavy (non-hydrogen) atoms. The molecule has 0 aromatic heterocycles. The molecule has 1 aliphatic rings. The van der Waals surface area contributed by atoms with Crippen LogP contribution in [0.3, 0.4) is 0 Å². The molecule has 1 rings (SSSR count). The molecule has 2 unspecified atom stereocenters. The molecule has 136 valence electrons. The second-order valence-corrected chi connectivity index (χ2v) is 6.66. The third kappa shape index (κ3) is 7.99. The molecule has 2 atom stereocenters. The van der Waals surface area contributed by atoms with Gasteiger partial charge in [0.15, 0.2) is 5.96 Å². The van der Waals surface area contributed by atoms with E-state index >= 15 is 0 Å². The highest BCUT2D eigenvalue weighted by atomic mass is 16.3. The Morgan fingerprint density at radius 2 is 2.00 bits per heavy atom. The molecule has 0 bridgehead atoms. The first-order valence-electron chi connectivity index (χ1n) is 9.12. The van der Waals surface area contributed by atoms with Crippen LogP contribution in [0.2, 0.25) is 0 Å². The van der Waals surface area contributed by atoms with Gasteiger partial charge in [-0.1, -0.05) is 13.3 Å². The van der Waals surface area contributed by atoms with E-state index in [1.165, 1.54) is 0 Å². The van der Waals surface area contributed by atoms with E-state index in [1.54, 1.807) is 0 Å². The second kappa shape index (κ2) is 11.6. The number of guanidine groups is 1. The molecule has 1 aliphatic heterocycles. The van der Waals surface area contributed by atoms with Gasteiger partial charge in [0.1, 0.15) is 0 Å². The summed E-state index contributed by atoms with van der Waals surface area (Å²) < 4.78 is 0. The minimum absolute atomic E-state index is 0.253. The lowest BCUT2D eigenvalue weighted by Crippen LogP contribution is -2.55. The van der Waals surface area contributed by atoms with Gasteiger partial charge in [-0.05, 0) is 39.8 Å².